The van der Waals surface area contributed by atoms with Crippen LogP contribution >= 0.6 is 0 Å². The van der Waals surface area contributed by atoms with E-state index in [1.165, 1.54) is 5.56 Å². The number of ether oxygens (including phenoxy) is 1. The largest absolute Gasteiger partial charge is 0.497 e. The molecule has 4 aromatic rings. The lowest BCUT2D eigenvalue weighted by Crippen LogP contribution is -2.00. The number of hydrogen-bond acceptors (Lipinski definition) is 6. The first kappa shape index (κ1) is 16.4. The second-order valence-corrected chi connectivity index (χ2v) is 6.53. The van der Waals surface area contributed by atoms with Crippen LogP contribution in [-0.4, -0.2) is 28.3 Å². The van der Waals surface area contributed by atoms with Gasteiger partial charge in [-0.25, -0.2) is 9.97 Å². The fourth-order valence-electron chi connectivity index (χ4n) is 3.27. The van der Waals surface area contributed by atoms with Gasteiger partial charge in [-0.1, -0.05) is 6.07 Å². The third-order valence-electron chi connectivity index (χ3n) is 4.72. The molecule has 28 heavy (non-hydrogen) atoms. The molecule has 0 amide bonds. The zero-order valence-electron chi connectivity index (χ0n) is 15.3. The Kier molecular flexibility index (Phi) is 3.94. The average Bonchev–Trinajstić information content (AvgIpc) is 3.22. The van der Waals surface area contributed by atoms with E-state index >= 15 is 0 Å². The highest BCUT2D eigenvalue weighted by molar-refractivity contribution is 5.94. The van der Waals surface area contributed by atoms with Crippen LogP contribution in [0.15, 0.2) is 65.9 Å². The van der Waals surface area contributed by atoms with Crippen LogP contribution < -0.4 is 10.1 Å². The van der Waals surface area contributed by atoms with Crippen LogP contribution in [0.3, 0.4) is 0 Å². The molecule has 3 heterocycles. The summed E-state index contributed by atoms with van der Waals surface area (Å²) in [4.78, 5) is 18.0. The van der Waals surface area contributed by atoms with Gasteiger partial charge in [-0.3, -0.25) is 9.98 Å². The Morgan fingerprint density at radius 2 is 2.00 bits per heavy atom. The number of nitrogens with zero attached hydrogens (tertiary/aromatic N) is 4. The van der Waals surface area contributed by atoms with Crippen molar-refractivity contribution in [3.8, 4) is 17.1 Å². The van der Waals surface area contributed by atoms with Crippen LogP contribution in [-0.2, 0) is 6.54 Å². The molecule has 6 heteroatoms. The normalized spacial score (nSPS) is 12.2. The van der Waals surface area contributed by atoms with Crippen molar-refractivity contribution in [2.45, 2.75) is 6.54 Å². The molecule has 0 atom stereocenters. The summed E-state index contributed by atoms with van der Waals surface area (Å²) in [5, 5.41) is 4.34. The molecule has 0 radical (unpaired) electrons. The van der Waals surface area contributed by atoms with Crippen molar-refractivity contribution in [1.29, 1.82) is 0 Å². The monoisotopic (exact) mass is 367 g/mol. The van der Waals surface area contributed by atoms with E-state index < -0.39 is 0 Å². The Hall–Kier alpha value is -3.80. The fourth-order valence-corrected chi connectivity index (χ4v) is 3.27. The molecular formula is C22H17N5O. The van der Waals surface area contributed by atoms with Crippen molar-refractivity contribution in [2.75, 3.05) is 12.4 Å². The standard InChI is InChI=1S/C22H17N5O/c1-28-18-6-7-20-19(10-18)22(27-21(26-20)15-3-2-8-23-12-15)25-17-5-4-14-11-24-13-16(14)9-17/h2-10,12-13H,11H2,1H3,(H,25,26,27). The van der Waals surface area contributed by atoms with Gasteiger partial charge in [-0.05, 0) is 53.6 Å². The van der Waals surface area contributed by atoms with Crippen LogP contribution in [0, 0.1) is 0 Å². The van der Waals surface area contributed by atoms with Crippen LogP contribution in [0.25, 0.3) is 22.3 Å². The van der Waals surface area contributed by atoms with Gasteiger partial charge < -0.3 is 10.1 Å². The van der Waals surface area contributed by atoms with Crippen LogP contribution in [0.1, 0.15) is 11.1 Å². The van der Waals surface area contributed by atoms with Gasteiger partial charge in [-0.15, -0.1) is 0 Å². The lowest BCUT2D eigenvalue weighted by Gasteiger charge is -2.12. The Labute approximate surface area is 162 Å². The highest BCUT2D eigenvalue weighted by atomic mass is 16.5. The molecule has 5 rings (SSSR count). The number of anilines is 2. The van der Waals surface area contributed by atoms with E-state index in [1.54, 1.807) is 19.5 Å². The summed E-state index contributed by atoms with van der Waals surface area (Å²) in [7, 11) is 1.65. The lowest BCUT2D eigenvalue weighted by molar-refractivity contribution is 0.415. The van der Waals surface area contributed by atoms with Gasteiger partial charge in [0.15, 0.2) is 5.82 Å². The molecule has 1 N–H and O–H groups in total. The van der Waals surface area contributed by atoms with Crippen molar-refractivity contribution in [2.24, 2.45) is 4.99 Å². The van der Waals surface area contributed by atoms with E-state index in [2.05, 4.69) is 27.4 Å². The van der Waals surface area contributed by atoms with Gasteiger partial charge in [0, 0.05) is 35.2 Å². The summed E-state index contributed by atoms with van der Waals surface area (Å²) in [6.45, 7) is 0.744. The smallest absolute Gasteiger partial charge is 0.163 e. The number of hydrogen-bond donors (Lipinski definition) is 1. The number of aliphatic imine (C=N–C) groups is 1. The molecule has 0 spiro atoms. The minimum Gasteiger partial charge on any atom is -0.497 e. The van der Waals surface area contributed by atoms with Gasteiger partial charge >= 0.3 is 0 Å². The number of fused-ring (bicyclic) bond motifs is 2. The zero-order valence-corrected chi connectivity index (χ0v) is 15.3. The SMILES string of the molecule is COc1ccc2nc(-c3cccnc3)nc(Nc3ccc4c(c3)C=NC4)c2c1. The molecule has 0 saturated heterocycles. The molecule has 1 aliphatic heterocycles. The van der Waals surface area contributed by atoms with Gasteiger partial charge in [0.1, 0.15) is 11.6 Å². The third-order valence-corrected chi connectivity index (χ3v) is 4.72. The van der Waals surface area contributed by atoms with E-state index in [4.69, 9.17) is 14.7 Å². The third kappa shape index (κ3) is 2.95. The molecule has 2 aromatic carbocycles. The summed E-state index contributed by atoms with van der Waals surface area (Å²) in [5.41, 5.74) is 5.01. The average molecular weight is 367 g/mol. The Bertz CT molecular complexity index is 1200. The Morgan fingerprint density at radius 1 is 1.04 bits per heavy atom. The summed E-state index contributed by atoms with van der Waals surface area (Å²) >= 11 is 0. The molecule has 0 bridgehead atoms. The minimum atomic E-state index is 0.621. The summed E-state index contributed by atoms with van der Waals surface area (Å²) in [6.07, 6.45) is 5.41. The Morgan fingerprint density at radius 3 is 2.86 bits per heavy atom. The van der Waals surface area contributed by atoms with Crippen molar-refractivity contribution < 1.29 is 4.74 Å². The van der Waals surface area contributed by atoms with Crippen molar-refractivity contribution in [3.05, 3.63) is 72.1 Å². The second-order valence-electron chi connectivity index (χ2n) is 6.53. The predicted molar refractivity (Wildman–Crippen MR) is 110 cm³/mol. The van der Waals surface area contributed by atoms with Crippen LogP contribution in [0.2, 0.25) is 0 Å². The van der Waals surface area contributed by atoms with Crippen molar-refractivity contribution in [1.82, 2.24) is 15.0 Å². The molecule has 0 aliphatic carbocycles. The van der Waals surface area contributed by atoms with Gasteiger partial charge in [-0.2, -0.15) is 0 Å². The molecule has 0 saturated carbocycles. The number of nitrogens with one attached hydrogen (secondary N) is 1. The number of pyridine rings is 1. The topological polar surface area (TPSA) is 72.3 Å². The maximum absolute atomic E-state index is 5.39. The minimum absolute atomic E-state index is 0.621. The highest BCUT2D eigenvalue weighted by Gasteiger charge is 2.13. The van der Waals surface area contributed by atoms with Crippen LogP contribution in [0.5, 0.6) is 5.75 Å². The van der Waals surface area contributed by atoms with E-state index in [0.29, 0.717) is 5.82 Å². The Balaban J connectivity index is 1.65. The second kappa shape index (κ2) is 6.74. The molecular weight excluding hydrogens is 350 g/mol. The molecule has 0 fully saturated rings. The van der Waals surface area contributed by atoms with Gasteiger partial charge in [0.25, 0.3) is 0 Å². The molecule has 6 nitrogen and oxygen atoms in total. The number of rotatable bonds is 4. The van der Waals surface area contributed by atoms with E-state index in [1.807, 2.05) is 42.6 Å². The van der Waals surface area contributed by atoms with Crippen LogP contribution in [0.4, 0.5) is 11.5 Å². The quantitative estimate of drug-likeness (QED) is 0.580. The summed E-state index contributed by atoms with van der Waals surface area (Å²) < 4.78 is 5.39. The number of aromatic nitrogens is 3. The first-order valence-electron chi connectivity index (χ1n) is 8.96. The van der Waals surface area contributed by atoms with E-state index in [-0.39, 0.29) is 0 Å². The van der Waals surface area contributed by atoms with E-state index in [9.17, 15) is 0 Å². The first-order valence-corrected chi connectivity index (χ1v) is 8.96. The number of methoxy groups -OCH3 is 1. The molecule has 136 valence electrons. The first-order chi connectivity index (χ1) is 13.8. The lowest BCUT2D eigenvalue weighted by atomic mass is 10.1. The summed E-state index contributed by atoms with van der Waals surface area (Å²) in [5.74, 6) is 2.10. The van der Waals surface area contributed by atoms with Gasteiger partial charge in [0.2, 0.25) is 0 Å². The maximum Gasteiger partial charge on any atom is 0.163 e. The highest BCUT2D eigenvalue weighted by Crippen LogP contribution is 2.30. The predicted octanol–water partition coefficient (Wildman–Crippen LogP) is 4.38. The summed E-state index contributed by atoms with van der Waals surface area (Å²) in [6, 6.07) is 15.8. The van der Waals surface area contributed by atoms with Crippen molar-refractivity contribution >= 4 is 28.6 Å². The molecule has 2 aromatic heterocycles. The zero-order chi connectivity index (χ0) is 18.9. The molecule has 1 aliphatic rings. The maximum atomic E-state index is 5.39. The number of benzene rings is 2. The van der Waals surface area contributed by atoms with Crippen molar-refractivity contribution in [3.63, 3.8) is 0 Å². The fraction of sp³-hybridized carbons (Fsp3) is 0.0909. The molecule has 0 unspecified atom stereocenters. The van der Waals surface area contributed by atoms with E-state index in [0.717, 1.165) is 45.8 Å². The van der Waals surface area contributed by atoms with Gasteiger partial charge in [0.05, 0.1) is 19.2 Å².